The molecule has 1 saturated heterocycles. The Bertz CT molecular complexity index is 877. The second-order valence-electron chi connectivity index (χ2n) is 5.33. The van der Waals surface area contributed by atoms with Crippen LogP contribution in [0.1, 0.15) is 11.1 Å². The number of halogens is 2. The first-order chi connectivity index (χ1) is 12.0. The molecule has 0 saturated carbocycles. The predicted molar refractivity (Wildman–Crippen MR) is 106 cm³/mol. The van der Waals surface area contributed by atoms with Gasteiger partial charge in [-0.15, -0.1) is 0 Å². The molecule has 0 atom stereocenters. The number of nitrogens with zero attached hydrogens (tertiary/aromatic N) is 1. The Kier molecular flexibility index (Phi) is 5.78. The summed E-state index contributed by atoms with van der Waals surface area (Å²) in [4.78, 5) is 26.2. The number of imide groups is 1. The maximum absolute atomic E-state index is 12.4. The fourth-order valence-corrected chi connectivity index (χ4v) is 3.56. The highest BCUT2D eigenvalue weighted by Gasteiger charge is 2.34. The number of rotatable bonds is 4. The number of benzene rings is 2. The summed E-state index contributed by atoms with van der Waals surface area (Å²) in [6, 6.07) is 14.9. The minimum Gasteiger partial charge on any atom is -0.268 e. The maximum Gasteiger partial charge on any atom is 0.293 e. The lowest BCUT2D eigenvalue weighted by molar-refractivity contribution is -0.123. The molecule has 0 aromatic heterocycles. The SMILES string of the molecule is O=C1S/C(=C\C=C\c2ccc(Br)cc2)C(=O)N1Cc1cccc(Cl)c1. The van der Waals surface area contributed by atoms with Crippen LogP contribution < -0.4 is 0 Å². The van der Waals surface area contributed by atoms with Gasteiger partial charge in [-0.1, -0.05) is 63.9 Å². The topological polar surface area (TPSA) is 37.4 Å². The van der Waals surface area contributed by atoms with E-state index >= 15 is 0 Å². The van der Waals surface area contributed by atoms with Gasteiger partial charge < -0.3 is 0 Å². The maximum atomic E-state index is 12.4. The molecule has 0 bridgehead atoms. The van der Waals surface area contributed by atoms with E-state index in [9.17, 15) is 9.59 Å². The Morgan fingerprint density at radius 3 is 2.60 bits per heavy atom. The monoisotopic (exact) mass is 433 g/mol. The van der Waals surface area contributed by atoms with Crippen LogP contribution in [0.5, 0.6) is 0 Å². The predicted octanol–water partition coefficient (Wildman–Crippen LogP) is 5.90. The lowest BCUT2D eigenvalue weighted by atomic mass is 10.2. The molecule has 0 aliphatic carbocycles. The number of carbonyl (C=O) groups excluding carboxylic acids is 2. The van der Waals surface area contributed by atoms with Crippen LogP contribution >= 0.6 is 39.3 Å². The van der Waals surface area contributed by atoms with Crippen LogP contribution in [0.15, 0.2) is 70.1 Å². The van der Waals surface area contributed by atoms with Crippen LogP contribution in [-0.4, -0.2) is 16.0 Å². The fourth-order valence-electron chi connectivity index (χ4n) is 2.29. The van der Waals surface area contributed by atoms with E-state index in [-0.39, 0.29) is 17.7 Å². The average molecular weight is 435 g/mol. The van der Waals surface area contributed by atoms with Crippen molar-refractivity contribution in [3.05, 3.63) is 86.2 Å². The Balaban J connectivity index is 1.71. The molecule has 1 heterocycles. The van der Waals surface area contributed by atoms with Gasteiger partial charge in [-0.05, 0) is 53.2 Å². The van der Waals surface area contributed by atoms with Gasteiger partial charge in [-0.2, -0.15) is 0 Å². The second-order valence-corrected chi connectivity index (χ2v) is 7.68. The first-order valence-corrected chi connectivity index (χ1v) is 9.44. The molecule has 2 aromatic rings. The van der Waals surface area contributed by atoms with E-state index in [1.165, 1.54) is 4.90 Å². The molecular formula is C19H13BrClNO2S. The van der Waals surface area contributed by atoms with Crippen molar-refractivity contribution in [2.45, 2.75) is 6.54 Å². The van der Waals surface area contributed by atoms with E-state index in [0.29, 0.717) is 9.93 Å². The normalized spacial score (nSPS) is 16.4. The van der Waals surface area contributed by atoms with Crippen molar-refractivity contribution >= 4 is 56.5 Å². The van der Waals surface area contributed by atoms with Gasteiger partial charge in [0.25, 0.3) is 11.1 Å². The van der Waals surface area contributed by atoms with Crippen LogP contribution in [0.4, 0.5) is 4.79 Å². The summed E-state index contributed by atoms with van der Waals surface area (Å²) in [6.45, 7) is 0.221. The van der Waals surface area contributed by atoms with Gasteiger partial charge in [-0.3, -0.25) is 14.5 Å². The van der Waals surface area contributed by atoms with Crippen molar-refractivity contribution in [2.24, 2.45) is 0 Å². The Hall–Kier alpha value is -1.82. The smallest absolute Gasteiger partial charge is 0.268 e. The standard InChI is InChI=1S/C19H13BrClNO2S/c20-15-9-7-13(8-10-15)3-2-6-17-18(23)22(19(24)25-17)12-14-4-1-5-16(21)11-14/h1-11H,12H2/b3-2+,17-6-. The highest BCUT2D eigenvalue weighted by atomic mass is 79.9. The molecule has 0 unspecified atom stereocenters. The minimum absolute atomic E-state index is 0.221. The highest BCUT2D eigenvalue weighted by Crippen LogP contribution is 2.32. The number of thioether (sulfide) groups is 1. The summed E-state index contributed by atoms with van der Waals surface area (Å²) < 4.78 is 1.01. The van der Waals surface area contributed by atoms with E-state index in [1.807, 2.05) is 36.4 Å². The zero-order valence-electron chi connectivity index (χ0n) is 13.0. The molecule has 1 aliphatic rings. The second kappa shape index (κ2) is 8.04. The zero-order chi connectivity index (χ0) is 17.8. The minimum atomic E-state index is -0.282. The van der Waals surface area contributed by atoms with Gasteiger partial charge in [0, 0.05) is 9.50 Å². The highest BCUT2D eigenvalue weighted by molar-refractivity contribution is 9.10. The summed E-state index contributed by atoms with van der Waals surface area (Å²) in [5.41, 5.74) is 1.83. The van der Waals surface area contributed by atoms with Crippen molar-refractivity contribution in [3.63, 3.8) is 0 Å². The summed E-state index contributed by atoms with van der Waals surface area (Å²) >= 11 is 10.3. The summed E-state index contributed by atoms with van der Waals surface area (Å²) in [6.07, 6.45) is 5.34. The van der Waals surface area contributed by atoms with Crippen molar-refractivity contribution in [3.8, 4) is 0 Å². The lowest BCUT2D eigenvalue weighted by Crippen LogP contribution is -2.27. The van der Waals surface area contributed by atoms with Gasteiger partial charge in [-0.25, -0.2) is 0 Å². The third-order valence-corrected chi connectivity index (χ3v) is 5.20. The number of hydrogen-bond acceptors (Lipinski definition) is 3. The van der Waals surface area contributed by atoms with E-state index < -0.39 is 0 Å². The molecule has 6 heteroatoms. The quantitative estimate of drug-likeness (QED) is 0.563. The van der Waals surface area contributed by atoms with Gasteiger partial charge in [0.15, 0.2) is 0 Å². The first-order valence-electron chi connectivity index (χ1n) is 7.45. The van der Waals surface area contributed by atoms with Crippen molar-refractivity contribution in [1.82, 2.24) is 4.90 Å². The Morgan fingerprint density at radius 1 is 1.12 bits per heavy atom. The summed E-state index contributed by atoms with van der Waals surface area (Å²) in [5.74, 6) is -0.282. The van der Waals surface area contributed by atoms with E-state index in [1.54, 1.807) is 30.4 Å². The van der Waals surface area contributed by atoms with Crippen molar-refractivity contribution in [2.75, 3.05) is 0 Å². The molecule has 0 radical (unpaired) electrons. The number of hydrogen-bond donors (Lipinski definition) is 0. The van der Waals surface area contributed by atoms with Crippen LogP contribution in [-0.2, 0) is 11.3 Å². The molecule has 126 valence electrons. The third kappa shape index (κ3) is 4.63. The average Bonchev–Trinajstić information content (AvgIpc) is 2.84. The van der Waals surface area contributed by atoms with Gasteiger partial charge in [0.05, 0.1) is 11.4 Å². The number of allylic oxidation sites excluding steroid dienone is 2. The van der Waals surface area contributed by atoms with Crippen LogP contribution in [0.2, 0.25) is 5.02 Å². The van der Waals surface area contributed by atoms with Crippen molar-refractivity contribution < 1.29 is 9.59 Å². The molecule has 3 rings (SSSR count). The lowest BCUT2D eigenvalue weighted by Gasteiger charge is -2.12. The molecule has 0 spiro atoms. The van der Waals surface area contributed by atoms with Gasteiger partial charge in [0.1, 0.15) is 0 Å². The molecule has 1 aliphatic heterocycles. The molecule has 2 aromatic carbocycles. The van der Waals surface area contributed by atoms with E-state index in [2.05, 4.69) is 15.9 Å². The zero-order valence-corrected chi connectivity index (χ0v) is 16.1. The Morgan fingerprint density at radius 2 is 1.88 bits per heavy atom. The molecule has 25 heavy (non-hydrogen) atoms. The molecule has 0 N–H and O–H groups in total. The third-order valence-electron chi connectivity index (χ3n) is 3.51. The fraction of sp³-hybridized carbons (Fsp3) is 0.0526. The molecular weight excluding hydrogens is 422 g/mol. The number of amides is 2. The van der Waals surface area contributed by atoms with Crippen molar-refractivity contribution in [1.29, 1.82) is 0 Å². The van der Waals surface area contributed by atoms with Gasteiger partial charge in [0.2, 0.25) is 0 Å². The van der Waals surface area contributed by atoms with Gasteiger partial charge >= 0.3 is 0 Å². The van der Waals surface area contributed by atoms with E-state index in [0.717, 1.165) is 27.4 Å². The molecule has 2 amide bonds. The van der Waals surface area contributed by atoms with E-state index in [4.69, 9.17) is 11.6 Å². The molecule has 1 fully saturated rings. The summed E-state index contributed by atoms with van der Waals surface area (Å²) in [5, 5.41) is 0.311. The first kappa shape index (κ1) is 18.0. The molecule has 3 nitrogen and oxygen atoms in total. The van der Waals surface area contributed by atoms with Crippen LogP contribution in [0, 0.1) is 0 Å². The van der Waals surface area contributed by atoms with Crippen LogP contribution in [0.25, 0.3) is 6.08 Å². The number of carbonyl (C=O) groups is 2. The summed E-state index contributed by atoms with van der Waals surface area (Å²) in [7, 11) is 0. The Labute approximate surface area is 163 Å². The largest absolute Gasteiger partial charge is 0.293 e. The van der Waals surface area contributed by atoms with Crippen LogP contribution in [0.3, 0.4) is 0 Å².